The molecule has 0 saturated heterocycles. The van der Waals surface area contributed by atoms with Crippen molar-refractivity contribution in [2.75, 3.05) is 6.54 Å². The van der Waals surface area contributed by atoms with Gasteiger partial charge in [-0.3, -0.25) is 4.79 Å². The maximum Gasteiger partial charge on any atom is 0.405 e. The molecule has 1 atom stereocenters. The predicted molar refractivity (Wildman–Crippen MR) is 50.1 cm³/mol. The van der Waals surface area contributed by atoms with Crippen LogP contribution in [0.1, 0.15) is 13.3 Å². The number of hydrogen-bond acceptors (Lipinski definition) is 1. The van der Waals surface area contributed by atoms with E-state index >= 15 is 0 Å². The third kappa shape index (κ3) is 4.18. The summed E-state index contributed by atoms with van der Waals surface area (Å²) in [5.74, 6) is -1.05. The van der Waals surface area contributed by atoms with Crippen LogP contribution in [0.15, 0.2) is 23.8 Å². The summed E-state index contributed by atoms with van der Waals surface area (Å²) in [4.78, 5) is 11.3. The minimum Gasteiger partial charge on any atom is -0.346 e. The third-order valence-corrected chi connectivity index (χ3v) is 2.07. The Kier molecular flexibility index (Phi) is 3.55. The highest BCUT2D eigenvalue weighted by atomic mass is 19.4. The van der Waals surface area contributed by atoms with Gasteiger partial charge in [-0.25, -0.2) is 0 Å². The maximum atomic E-state index is 11.8. The van der Waals surface area contributed by atoms with E-state index in [-0.39, 0.29) is 0 Å². The van der Waals surface area contributed by atoms with E-state index in [1.54, 1.807) is 12.2 Å². The smallest absolute Gasteiger partial charge is 0.346 e. The van der Waals surface area contributed by atoms with Gasteiger partial charge in [-0.15, -0.1) is 0 Å². The first-order valence-corrected chi connectivity index (χ1v) is 4.57. The zero-order valence-electron chi connectivity index (χ0n) is 8.27. The Labute approximate surface area is 85.8 Å². The van der Waals surface area contributed by atoms with Crippen LogP contribution in [0.5, 0.6) is 0 Å². The fraction of sp³-hybridized carbons (Fsp3) is 0.500. The van der Waals surface area contributed by atoms with Gasteiger partial charge in [0.05, 0.1) is 5.92 Å². The van der Waals surface area contributed by atoms with Gasteiger partial charge in [0.1, 0.15) is 6.54 Å². The summed E-state index contributed by atoms with van der Waals surface area (Å²) >= 11 is 0. The topological polar surface area (TPSA) is 29.1 Å². The molecule has 1 aliphatic rings. The zero-order valence-corrected chi connectivity index (χ0v) is 8.27. The predicted octanol–water partition coefficient (Wildman–Crippen LogP) is 2.19. The number of alkyl halides is 3. The van der Waals surface area contributed by atoms with Gasteiger partial charge in [0.2, 0.25) is 5.91 Å². The van der Waals surface area contributed by atoms with Gasteiger partial charge < -0.3 is 5.32 Å². The normalized spacial score (nSPS) is 21.1. The molecule has 84 valence electrons. The van der Waals surface area contributed by atoms with Crippen LogP contribution >= 0.6 is 0 Å². The number of allylic oxidation sites excluding steroid dienone is 3. The van der Waals surface area contributed by atoms with Crippen molar-refractivity contribution in [1.29, 1.82) is 0 Å². The van der Waals surface area contributed by atoms with Gasteiger partial charge >= 0.3 is 6.18 Å². The molecule has 0 spiro atoms. The minimum atomic E-state index is -4.35. The number of hydrogen-bond donors (Lipinski definition) is 1. The van der Waals surface area contributed by atoms with Gasteiger partial charge in [-0.2, -0.15) is 13.2 Å². The van der Waals surface area contributed by atoms with Crippen LogP contribution in [0.25, 0.3) is 0 Å². The SMILES string of the molecule is CC1=CC=CC(C(=O)NCC(F)(F)F)C1. The van der Waals surface area contributed by atoms with Crippen molar-refractivity contribution < 1.29 is 18.0 Å². The highest BCUT2D eigenvalue weighted by Gasteiger charge is 2.29. The molecule has 1 amide bonds. The molecule has 1 aliphatic carbocycles. The van der Waals surface area contributed by atoms with E-state index in [2.05, 4.69) is 0 Å². The standard InChI is InChI=1S/C10H12F3NO/c1-7-3-2-4-8(5-7)9(15)14-6-10(11,12)13/h2-4,8H,5-6H2,1H3,(H,14,15). The van der Waals surface area contributed by atoms with E-state index in [9.17, 15) is 18.0 Å². The molecule has 2 nitrogen and oxygen atoms in total. The van der Waals surface area contributed by atoms with Crippen molar-refractivity contribution in [2.24, 2.45) is 5.92 Å². The number of amides is 1. The van der Waals surface area contributed by atoms with Crippen molar-refractivity contribution in [3.05, 3.63) is 23.8 Å². The second-order valence-electron chi connectivity index (χ2n) is 3.54. The lowest BCUT2D eigenvalue weighted by atomic mass is 9.94. The molecule has 0 aliphatic heterocycles. The molecule has 0 aromatic heterocycles. The van der Waals surface area contributed by atoms with Gasteiger partial charge in [0.15, 0.2) is 0 Å². The zero-order chi connectivity index (χ0) is 11.5. The Balaban J connectivity index is 2.42. The lowest BCUT2D eigenvalue weighted by Gasteiger charge is -2.16. The number of halogens is 3. The Morgan fingerprint density at radius 2 is 2.27 bits per heavy atom. The lowest BCUT2D eigenvalue weighted by molar-refractivity contribution is -0.139. The quantitative estimate of drug-likeness (QED) is 0.757. The summed E-state index contributed by atoms with van der Waals surface area (Å²) in [7, 11) is 0. The first-order chi connectivity index (χ1) is 6.88. The van der Waals surface area contributed by atoms with E-state index < -0.39 is 24.5 Å². The van der Waals surface area contributed by atoms with Crippen molar-refractivity contribution in [2.45, 2.75) is 19.5 Å². The molecule has 0 fully saturated rings. The molecule has 0 radical (unpaired) electrons. The number of nitrogens with one attached hydrogen (secondary N) is 1. The van der Waals surface area contributed by atoms with Crippen LogP contribution in [0.3, 0.4) is 0 Å². The van der Waals surface area contributed by atoms with Crippen LogP contribution in [0.4, 0.5) is 13.2 Å². The van der Waals surface area contributed by atoms with E-state index in [0.717, 1.165) is 5.57 Å². The minimum absolute atomic E-state index is 0.475. The van der Waals surface area contributed by atoms with Crippen molar-refractivity contribution in [3.8, 4) is 0 Å². The Bertz CT molecular complexity index is 304. The molecule has 0 aromatic rings. The molecular formula is C10H12F3NO. The molecule has 1 rings (SSSR count). The van der Waals surface area contributed by atoms with Gasteiger partial charge in [-0.05, 0) is 13.3 Å². The van der Waals surface area contributed by atoms with Crippen LogP contribution < -0.4 is 5.32 Å². The maximum absolute atomic E-state index is 11.8. The largest absolute Gasteiger partial charge is 0.405 e. The molecule has 0 aromatic carbocycles. The summed E-state index contributed by atoms with van der Waals surface area (Å²) in [6.45, 7) is 0.576. The Morgan fingerprint density at radius 1 is 1.60 bits per heavy atom. The van der Waals surface area contributed by atoms with Gasteiger partial charge in [0.25, 0.3) is 0 Å². The van der Waals surface area contributed by atoms with Gasteiger partial charge in [0, 0.05) is 0 Å². The van der Waals surface area contributed by atoms with Crippen LogP contribution in [-0.4, -0.2) is 18.6 Å². The highest BCUT2D eigenvalue weighted by molar-refractivity contribution is 5.81. The van der Waals surface area contributed by atoms with E-state index in [0.29, 0.717) is 6.42 Å². The van der Waals surface area contributed by atoms with Crippen LogP contribution in [0, 0.1) is 5.92 Å². The summed E-state index contributed by atoms with van der Waals surface area (Å²) < 4.78 is 35.4. The first kappa shape index (κ1) is 11.8. The summed E-state index contributed by atoms with van der Waals surface area (Å²) in [5, 5.41) is 1.87. The average molecular weight is 219 g/mol. The lowest BCUT2D eigenvalue weighted by Crippen LogP contribution is -2.37. The summed E-state index contributed by atoms with van der Waals surface area (Å²) in [6.07, 6.45) is 1.28. The Morgan fingerprint density at radius 3 is 2.80 bits per heavy atom. The monoisotopic (exact) mass is 219 g/mol. The second kappa shape index (κ2) is 4.51. The summed E-state index contributed by atoms with van der Waals surface area (Å²) in [6, 6.07) is 0. The third-order valence-electron chi connectivity index (χ3n) is 2.07. The Hall–Kier alpha value is -1.26. The number of rotatable bonds is 2. The fourth-order valence-electron chi connectivity index (χ4n) is 1.34. The van der Waals surface area contributed by atoms with E-state index in [1.807, 2.05) is 18.3 Å². The van der Waals surface area contributed by atoms with E-state index in [1.165, 1.54) is 0 Å². The first-order valence-electron chi connectivity index (χ1n) is 4.57. The van der Waals surface area contributed by atoms with Crippen molar-refractivity contribution in [3.63, 3.8) is 0 Å². The molecule has 0 bridgehead atoms. The fourth-order valence-corrected chi connectivity index (χ4v) is 1.34. The molecule has 5 heteroatoms. The van der Waals surface area contributed by atoms with Gasteiger partial charge in [-0.1, -0.05) is 23.8 Å². The number of carbonyl (C=O) groups is 1. The van der Waals surface area contributed by atoms with Crippen molar-refractivity contribution in [1.82, 2.24) is 5.32 Å². The molecule has 15 heavy (non-hydrogen) atoms. The number of carbonyl (C=O) groups excluding carboxylic acids is 1. The molecular weight excluding hydrogens is 207 g/mol. The molecule has 0 saturated carbocycles. The second-order valence-corrected chi connectivity index (χ2v) is 3.54. The molecule has 0 heterocycles. The summed E-state index contributed by atoms with van der Waals surface area (Å²) in [5.41, 5.74) is 0.990. The average Bonchev–Trinajstić information content (AvgIpc) is 2.13. The van der Waals surface area contributed by atoms with Crippen LogP contribution in [0.2, 0.25) is 0 Å². The molecule has 1 N–H and O–H groups in total. The van der Waals surface area contributed by atoms with E-state index in [4.69, 9.17) is 0 Å². The highest BCUT2D eigenvalue weighted by Crippen LogP contribution is 2.19. The van der Waals surface area contributed by atoms with Crippen molar-refractivity contribution >= 4 is 5.91 Å². The van der Waals surface area contributed by atoms with Crippen LogP contribution in [-0.2, 0) is 4.79 Å². The molecule has 1 unspecified atom stereocenters.